The molecule has 4 aliphatic rings. The van der Waals surface area contributed by atoms with Gasteiger partial charge in [0.05, 0.1) is 30.3 Å². The molecule has 216 valence electrons. The minimum Gasteiger partial charge on any atom is -0.486 e. The summed E-state index contributed by atoms with van der Waals surface area (Å²) in [6, 6.07) is 6.53. The maximum Gasteiger partial charge on any atom is 0.175 e. The Hall–Kier alpha value is -2.99. The Morgan fingerprint density at radius 3 is 2.85 bits per heavy atom. The first kappa shape index (κ1) is 26.9. The normalized spacial score (nSPS) is 22.4. The molecule has 1 spiro atoms. The van der Waals surface area contributed by atoms with Gasteiger partial charge in [-0.1, -0.05) is 17.8 Å². The van der Waals surface area contributed by atoms with Gasteiger partial charge in [0, 0.05) is 50.7 Å². The van der Waals surface area contributed by atoms with Crippen LogP contribution in [0.4, 0.5) is 11.6 Å². The molecule has 0 bridgehead atoms. The lowest BCUT2D eigenvalue weighted by atomic mass is 9.76. The van der Waals surface area contributed by atoms with Crippen molar-refractivity contribution >= 4 is 23.4 Å². The summed E-state index contributed by atoms with van der Waals surface area (Å²) in [6.07, 6.45) is 10.9. The third-order valence-electron chi connectivity index (χ3n) is 8.98. The molecule has 1 aliphatic carbocycles. The van der Waals surface area contributed by atoms with Crippen LogP contribution < -0.4 is 14.5 Å². The number of fused-ring (bicyclic) bond motifs is 4. The summed E-state index contributed by atoms with van der Waals surface area (Å²) in [4.78, 5) is 24.5. The van der Waals surface area contributed by atoms with E-state index in [1.54, 1.807) is 7.11 Å². The van der Waals surface area contributed by atoms with Crippen molar-refractivity contribution in [2.24, 2.45) is 11.3 Å². The number of hydrogen-bond acceptors (Lipinski definition) is 11. The van der Waals surface area contributed by atoms with Crippen molar-refractivity contribution in [2.75, 3.05) is 56.6 Å². The van der Waals surface area contributed by atoms with Crippen molar-refractivity contribution in [3.05, 3.63) is 53.7 Å². The second kappa shape index (κ2) is 11.4. The maximum absolute atomic E-state index is 10.3. The molecule has 10 nitrogen and oxygen atoms in total. The zero-order valence-electron chi connectivity index (χ0n) is 23.4. The fraction of sp³-hybridized carbons (Fsp3) is 0.533. The first-order valence-electron chi connectivity index (χ1n) is 14.4. The van der Waals surface area contributed by atoms with E-state index in [9.17, 15) is 5.11 Å². The molecule has 1 N–H and O–H groups in total. The summed E-state index contributed by atoms with van der Waals surface area (Å²) >= 11 is 1.50. The van der Waals surface area contributed by atoms with Crippen LogP contribution in [0.25, 0.3) is 0 Å². The minimum absolute atomic E-state index is 0.152. The van der Waals surface area contributed by atoms with Crippen molar-refractivity contribution in [1.29, 1.82) is 0 Å². The number of piperidine rings is 1. The standard InChI is InChI=1S/C30H36N6O4S/c1-38-19-39-17-20-11-22-18-40-27-25(4-8-32-29(27)36(22)15-20)41-26-14-33-28(24(16-37)34-26)35-9-5-30(6-10-35)12-21-3-2-7-31-23(21)13-30/h2-4,7-8,14,20,22,37H,5-6,9-13,15-19H2,1H3/t20-,22+/m1/s1. The predicted octanol–water partition coefficient (Wildman–Crippen LogP) is 3.50. The molecule has 0 unspecified atom stereocenters. The molecule has 3 aromatic heterocycles. The quantitative estimate of drug-likeness (QED) is 0.315. The number of aliphatic hydroxyl groups excluding tert-OH is 1. The molecule has 0 amide bonds. The van der Waals surface area contributed by atoms with Crippen molar-refractivity contribution in [1.82, 2.24) is 19.9 Å². The highest BCUT2D eigenvalue weighted by Crippen LogP contribution is 2.46. The largest absolute Gasteiger partial charge is 0.486 e. The molecule has 11 heteroatoms. The Kier molecular flexibility index (Phi) is 7.44. The molecule has 41 heavy (non-hydrogen) atoms. The molecule has 2 saturated heterocycles. The number of methoxy groups -OCH3 is 1. The molecule has 7 rings (SSSR count). The number of aliphatic hydroxyl groups is 1. The molecule has 0 radical (unpaired) electrons. The number of rotatable bonds is 8. The SMILES string of the molecule is COCOC[C@@H]1C[C@H]2COc3c(Sc4cnc(N5CCC6(CC5)Cc5cccnc5C6)c(CO)n4)ccnc3N2C1. The Morgan fingerprint density at radius 2 is 2.02 bits per heavy atom. The average molecular weight is 577 g/mol. The monoisotopic (exact) mass is 576 g/mol. The van der Waals surface area contributed by atoms with E-state index in [0.29, 0.717) is 43.1 Å². The van der Waals surface area contributed by atoms with Crippen LogP contribution in [0.5, 0.6) is 5.75 Å². The van der Waals surface area contributed by atoms with Gasteiger partial charge < -0.3 is 29.1 Å². The summed E-state index contributed by atoms with van der Waals surface area (Å²) in [6.45, 7) is 4.14. The average Bonchev–Trinajstić information content (AvgIpc) is 3.59. The molecule has 2 atom stereocenters. The van der Waals surface area contributed by atoms with E-state index in [-0.39, 0.29) is 6.61 Å². The number of nitrogens with zero attached hydrogens (tertiary/aromatic N) is 6. The minimum atomic E-state index is -0.152. The van der Waals surface area contributed by atoms with Gasteiger partial charge in [-0.25, -0.2) is 15.0 Å². The molecule has 0 aromatic carbocycles. The van der Waals surface area contributed by atoms with Crippen molar-refractivity contribution in [3.63, 3.8) is 0 Å². The summed E-state index contributed by atoms with van der Waals surface area (Å²) in [5.41, 5.74) is 3.57. The van der Waals surface area contributed by atoms with Gasteiger partial charge >= 0.3 is 0 Å². The summed E-state index contributed by atoms with van der Waals surface area (Å²) in [5, 5.41) is 11.0. The van der Waals surface area contributed by atoms with E-state index in [0.717, 1.165) is 79.0 Å². The third kappa shape index (κ3) is 5.24. The van der Waals surface area contributed by atoms with E-state index in [4.69, 9.17) is 24.2 Å². The first-order chi connectivity index (χ1) is 20.1. The molecule has 2 fully saturated rings. The summed E-state index contributed by atoms with van der Waals surface area (Å²) < 4.78 is 16.9. The Balaban J connectivity index is 1.03. The molecule has 0 saturated carbocycles. The van der Waals surface area contributed by atoms with Crippen LogP contribution >= 0.6 is 11.8 Å². The Morgan fingerprint density at radius 1 is 1.12 bits per heavy atom. The zero-order chi connectivity index (χ0) is 27.8. The Bertz CT molecular complexity index is 1370. The number of anilines is 2. The Labute approximate surface area is 244 Å². The number of aromatic nitrogens is 4. The van der Waals surface area contributed by atoms with Crippen LogP contribution in [0.1, 0.15) is 36.2 Å². The lowest BCUT2D eigenvalue weighted by Gasteiger charge is -2.40. The molecule has 6 heterocycles. The van der Waals surface area contributed by atoms with E-state index in [2.05, 4.69) is 25.8 Å². The smallest absolute Gasteiger partial charge is 0.175 e. The van der Waals surface area contributed by atoms with Crippen molar-refractivity contribution in [3.8, 4) is 5.75 Å². The fourth-order valence-electron chi connectivity index (χ4n) is 6.96. The second-order valence-electron chi connectivity index (χ2n) is 11.6. The number of hydrogen-bond donors (Lipinski definition) is 1. The van der Waals surface area contributed by atoms with Gasteiger partial charge in [0.2, 0.25) is 0 Å². The zero-order valence-corrected chi connectivity index (χ0v) is 24.2. The molecular formula is C30H36N6O4S. The van der Waals surface area contributed by atoms with Gasteiger partial charge in [-0.15, -0.1) is 0 Å². The van der Waals surface area contributed by atoms with Crippen LogP contribution in [0, 0.1) is 11.3 Å². The highest BCUT2D eigenvalue weighted by molar-refractivity contribution is 7.99. The topological polar surface area (TPSA) is 106 Å². The van der Waals surface area contributed by atoms with Gasteiger partial charge in [0.1, 0.15) is 24.1 Å². The molecular weight excluding hydrogens is 540 g/mol. The second-order valence-corrected chi connectivity index (χ2v) is 12.7. The van der Waals surface area contributed by atoms with Crippen LogP contribution in [0.3, 0.4) is 0 Å². The van der Waals surface area contributed by atoms with E-state index in [1.807, 2.05) is 30.7 Å². The summed E-state index contributed by atoms with van der Waals surface area (Å²) in [7, 11) is 1.64. The lowest BCUT2D eigenvalue weighted by molar-refractivity contribution is -0.0414. The van der Waals surface area contributed by atoms with E-state index in [1.165, 1.54) is 23.0 Å². The highest BCUT2D eigenvalue weighted by Gasteiger charge is 2.41. The summed E-state index contributed by atoms with van der Waals surface area (Å²) in [5.74, 6) is 2.87. The van der Waals surface area contributed by atoms with Crippen molar-refractivity contribution in [2.45, 2.75) is 54.7 Å². The number of ether oxygens (including phenoxy) is 3. The molecule has 3 aliphatic heterocycles. The van der Waals surface area contributed by atoms with Crippen LogP contribution in [-0.2, 0) is 28.9 Å². The highest BCUT2D eigenvalue weighted by atomic mass is 32.2. The lowest BCUT2D eigenvalue weighted by Crippen LogP contribution is -2.41. The number of pyridine rings is 2. The van der Waals surface area contributed by atoms with E-state index < -0.39 is 0 Å². The van der Waals surface area contributed by atoms with E-state index >= 15 is 0 Å². The van der Waals surface area contributed by atoms with Crippen LogP contribution in [0.2, 0.25) is 0 Å². The first-order valence-corrected chi connectivity index (χ1v) is 15.2. The van der Waals surface area contributed by atoms with Crippen LogP contribution in [-0.4, -0.2) is 77.8 Å². The van der Waals surface area contributed by atoms with Crippen LogP contribution in [0.15, 0.2) is 46.7 Å². The van der Waals surface area contributed by atoms with Crippen molar-refractivity contribution < 1.29 is 19.3 Å². The maximum atomic E-state index is 10.3. The fourth-order valence-corrected chi connectivity index (χ4v) is 7.82. The van der Waals surface area contributed by atoms with Gasteiger partial charge in [0.25, 0.3) is 0 Å². The van der Waals surface area contributed by atoms with Gasteiger partial charge in [-0.2, -0.15) is 0 Å². The van der Waals surface area contributed by atoms with Gasteiger partial charge in [-0.05, 0) is 55.2 Å². The third-order valence-corrected chi connectivity index (χ3v) is 9.93. The van der Waals surface area contributed by atoms with Gasteiger partial charge in [-0.3, -0.25) is 4.98 Å². The van der Waals surface area contributed by atoms with Gasteiger partial charge in [0.15, 0.2) is 17.4 Å². The predicted molar refractivity (Wildman–Crippen MR) is 154 cm³/mol. The molecule has 3 aromatic rings.